The summed E-state index contributed by atoms with van der Waals surface area (Å²) in [5, 5.41) is 2.79. The fourth-order valence-corrected chi connectivity index (χ4v) is 2.11. The molecule has 0 aromatic heterocycles. The van der Waals surface area contributed by atoms with Gasteiger partial charge in [-0.1, -0.05) is 6.07 Å². The highest BCUT2D eigenvalue weighted by molar-refractivity contribution is 5.92. The number of anilines is 1. The molecule has 1 rings (SSSR count). The summed E-state index contributed by atoms with van der Waals surface area (Å²) in [6, 6.07) is 7.16. The number of nitrogens with zero attached hydrogens (tertiary/aromatic N) is 2. The molecule has 0 radical (unpaired) electrons. The largest absolute Gasteiger partial charge is 0.497 e. The molecule has 6 nitrogen and oxygen atoms in total. The van der Waals surface area contributed by atoms with Gasteiger partial charge in [0, 0.05) is 24.8 Å². The first-order valence-electron chi connectivity index (χ1n) is 7.40. The van der Waals surface area contributed by atoms with Gasteiger partial charge in [0.1, 0.15) is 5.75 Å². The number of nitrogens with one attached hydrogen (secondary N) is 1. The third kappa shape index (κ3) is 5.73. The fourth-order valence-electron chi connectivity index (χ4n) is 2.11. The first-order valence-corrected chi connectivity index (χ1v) is 7.40. The summed E-state index contributed by atoms with van der Waals surface area (Å²) in [5.41, 5.74) is 0.674. The predicted molar refractivity (Wildman–Crippen MR) is 87.0 cm³/mol. The van der Waals surface area contributed by atoms with Gasteiger partial charge in [-0.25, -0.2) is 0 Å². The number of amides is 2. The second kappa shape index (κ2) is 9.04. The van der Waals surface area contributed by atoms with Crippen molar-refractivity contribution >= 4 is 17.5 Å². The maximum atomic E-state index is 12.0. The van der Waals surface area contributed by atoms with Crippen molar-refractivity contribution in [3.8, 4) is 5.75 Å². The zero-order valence-electron chi connectivity index (χ0n) is 13.8. The molecule has 0 aliphatic heterocycles. The van der Waals surface area contributed by atoms with Gasteiger partial charge in [-0.2, -0.15) is 0 Å². The Balaban J connectivity index is 2.48. The molecule has 0 saturated carbocycles. The number of carbonyl (C=O) groups excluding carboxylic acids is 2. The standard InChI is InChI=1S/C16H25N3O3/c1-5-19(6-2)16(21)12-18(3)11-15(20)17-13-8-7-9-14(10-13)22-4/h7-10H,5-6,11-12H2,1-4H3,(H,17,20). The molecule has 0 spiro atoms. The van der Waals surface area contributed by atoms with Crippen LogP contribution in [0.25, 0.3) is 0 Å². The molecule has 2 amide bonds. The number of likely N-dealkylation sites (N-methyl/N-ethyl adjacent to an activating group) is 2. The van der Waals surface area contributed by atoms with Crippen LogP contribution >= 0.6 is 0 Å². The van der Waals surface area contributed by atoms with Gasteiger partial charge in [0.15, 0.2) is 0 Å². The highest BCUT2D eigenvalue weighted by Gasteiger charge is 2.14. The Morgan fingerprint density at radius 2 is 1.86 bits per heavy atom. The fraction of sp³-hybridized carbons (Fsp3) is 0.500. The number of rotatable bonds is 8. The zero-order valence-corrected chi connectivity index (χ0v) is 13.8. The molecule has 0 bridgehead atoms. The smallest absolute Gasteiger partial charge is 0.238 e. The summed E-state index contributed by atoms with van der Waals surface area (Å²) < 4.78 is 5.11. The molecule has 6 heteroatoms. The molecule has 0 unspecified atom stereocenters. The lowest BCUT2D eigenvalue weighted by molar-refractivity contribution is -0.132. The van der Waals surface area contributed by atoms with Crippen LogP contribution in [0.1, 0.15) is 13.8 Å². The molecule has 0 aliphatic carbocycles. The van der Waals surface area contributed by atoms with Crippen molar-refractivity contribution in [3.63, 3.8) is 0 Å². The second-order valence-electron chi connectivity index (χ2n) is 5.02. The molecule has 0 atom stereocenters. The van der Waals surface area contributed by atoms with Crippen LogP contribution in [0.3, 0.4) is 0 Å². The molecule has 0 aliphatic rings. The number of hydrogen-bond acceptors (Lipinski definition) is 4. The number of ether oxygens (including phenoxy) is 1. The average Bonchev–Trinajstić information content (AvgIpc) is 2.48. The van der Waals surface area contributed by atoms with Crippen molar-refractivity contribution < 1.29 is 14.3 Å². The Morgan fingerprint density at radius 1 is 1.18 bits per heavy atom. The Kier molecular flexibility index (Phi) is 7.39. The Bertz CT molecular complexity index is 501. The van der Waals surface area contributed by atoms with Gasteiger partial charge in [0.2, 0.25) is 11.8 Å². The lowest BCUT2D eigenvalue weighted by Crippen LogP contribution is -2.41. The lowest BCUT2D eigenvalue weighted by atomic mass is 10.3. The first-order chi connectivity index (χ1) is 10.5. The van der Waals surface area contributed by atoms with Gasteiger partial charge in [0.25, 0.3) is 0 Å². The predicted octanol–water partition coefficient (Wildman–Crippen LogP) is 1.43. The van der Waals surface area contributed by atoms with E-state index in [2.05, 4.69) is 5.32 Å². The van der Waals surface area contributed by atoms with E-state index in [1.807, 2.05) is 26.0 Å². The van der Waals surface area contributed by atoms with E-state index in [1.54, 1.807) is 36.1 Å². The molecule has 1 aromatic carbocycles. The highest BCUT2D eigenvalue weighted by atomic mass is 16.5. The van der Waals surface area contributed by atoms with E-state index >= 15 is 0 Å². The summed E-state index contributed by atoms with van der Waals surface area (Å²) in [5.74, 6) is 0.549. The minimum atomic E-state index is -0.164. The van der Waals surface area contributed by atoms with E-state index in [0.29, 0.717) is 24.5 Å². The van der Waals surface area contributed by atoms with Gasteiger partial charge < -0.3 is 15.0 Å². The van der Waals surface area contributed by atoms with Crippen molar-refractivity contribution in [3.05, 3.63) is 24.3 Å². The van der Waals surface area contributed by atoms with Crippen molar-refractivity contribution in [2.75, 3.05) is 45.7 Å². The van der Waals surface area contributed by atoms with Crippen LogP contribution in [-0.4, -0.2) is 62.0 Å². The van der Waals surface area contributed by atoms with Crippen LogP contribution in [0.15, 0.2) is 24.3 Å². The number of benzene rings is 1. The van der Waals surface area contributed by atoms with Gasteiger partial charge in [-0.05, 0) is 33.0 Å². The highest BCUT2D eigenvalue weighted by Crippen LogP contribution is 2.16. The van der Waals surface area contributed by atoms with Gasteiger partial charge >= 0.3 is 0 Å². The van der Waals surface area contributed by atoms with Crippen LogP contribution < -0.4 is 10.1 Å². The maximum absolute atomic E-state index is 12.0. The van der Waals surface area contributed by atoms with Crippen molar-refractivity contribution in [1.82, 2.24) is 9.80 Å². The quantitative estimate of drug-likeness (QED) is 0.789. The number of carbonyl (C=O) groups is 2. The van der Waals surface area contributed by atoms with E-state index in [9.17, 15) is 9.59 Å². The van der Waals surface area contributed by atoms with E-state index in [1.165, 1.54) is 0 Å². The molecular formula is C16H25N3O3. The molecule has 1 N–H and O–H groups in total. The van der Waals surface area contributed by atoms with Crippen molar-refractivity contribution in [1.29, 1.82) is 0 Å². The summed E-state index contributed by atoms with van der Waals surface area (Å²) >= 11 is 0. The Hall–Kier alpha value is -2.08. The molecule has 1 aromatic rings. The minimum Gasteiger partial charge on any atom is -0.497 e. The van der Waals surface area contributed by atoms with Crippen LogP contribution in [0.4, 0.5) is 5.69 Å². The van der Waals surface area contributed by atoms with Crippen LogP contribution in [-0.2, 0) is 9.59 Å². The Morgan fingerprint density at radius 3 is 2.45 bits per heavy atom. The summed E-state index contributed by atoms with van der Waals surface area (Å²) in [4.78, 5) is 27.4. The molecule has 122 valence electrons. The number of methoxy groups -OCH3 is 1. The Labute approximate surface area is 132 Å². The van der Waals surface area contributed by atoms with Crippen molar-refractivity contribution in [2.24, 2.45) is 0 Å². The monoisotopic (exact) mass is 307 g/mol. The molecule has 22 heavy (non-hydrogen) atoms. The van der Waals surface area contributed by atoms with Gasteiger partial charge in [-0.3, -0.25) is 14.5 Å². The third-order valence-corrected chi connectivity index (χ3v) is 3.29. The molecule has 0 fully saturated rings. The molecule has 0 saturated heterocycles. The van der Waals surface area contributed by atoms with E-state index in [0.717, 1.165) is 0 Å². The topological polar surface area (TPSA) is 61.9 Å². The minimum absolute atomic E-state index is 0.0293. The van der Waals surface area contributed by atoms with Gasteiger partial charge in [0.05, 0.1) is 20.2 Å². The molecule has 0 heterocycles. The average molecular weight is 307 g/mol. The lowest BCUT2D eigenvalue weighted by Gasteiger charge is -2.22. The summed E-state index contributed by atoms with van der Waals surface area (Å²) in [7, 11) is 3.33. The van der Waals surface area contributed by atoms with E-state index < -0.39 is 0 Å². The van der Waals surface area contributed by atoms with E-state index in [4.69, 9.17) is 4.74 Å². The summed E-state index contributed by atoms with van der Waals surface area (Å²) in [6.07, 6.45) is 0. The van der Waals surface area contributed by atoms with Crippen LogP contribution in [0.2, 0.25) is 0 Å². The first kappa shape index (κ1) is 18.0. The van der Waals surface area contributed by atoms with Gasteiger partial charge in [-0.15, -0.1) is 0 Å². The van der Waals surface area contributed by atoms with Crippen molar-refractivity contribution in [2.45, 2.75) is 13.8 Å². The second-order valence-corrected chi connectivity index (χ2v) is 5.02. The molecular weight excluding hydrogens is 282 g/mol. The third-order valence-electron chi connectivity index (χ3n) is 3.29. The maximum Gasteiger partial charge on any atom is 0.238 e. The summed E-state index contributed by atoms with van der Waals surface area (Å²) in [6.45, 7) is 5.63. The normalized spacial score (nSPS) is 10.4. The SMILES string of the molecule is CCN(CC)C(=O)CN(C)CC(=O)Nc1cccc(OC)c1. The van der Waals surface area contributed by atoms with E-state index in [-0.39, 0.29) is 24.9 Å². The zero-order chi connectivity index (χ0) is 16.5. The van der Waals surface area contributed by atoms with Crippen LogP contribution in [0.5, 0.6) is 5.75 Å². The van der Waals surface area contributed by atoms with Crippen LogP contribution in [0, 0.1) is 0 Å². The number of hydrogen-bond donors (Lipinski definition) is 1.